The third-order valence-electron chi connectivity index (χ3n) is 2.57. The molecule has 6 heteroatoms. The van der Waals surface area contributed by atoms with E-state index in [1.54, 1.807) is 0 Å². The highest BCUT2D eigenvalue weighted by molar-refractivity contribution is 4.67. The highest BCUT2D eigenvalue weighted by Crippen LogP contribution is 2.15. The van der Waals surface area contributed by atoms with Crippen molar-refractivity contribution in [1.82, 2.24) is 5.43 Å². The lowest BCUT2D eigenvalue weighted by Crippen LogP contribution is -2.36. The van der Waals surface area contributed by atoms with Crippen molar-refractivity contribution in [2.75, 3.05) is 13.2 Å². The summed E-state index contributed by atoms with van der Waals surface area (Å²) >= 11 is 0. The Morgan fingerprint density at radius 1 is 1.22 bits per heavy atom. The topological polar surface area (TPSA) is 47.3 Å². The van der Waals surface area contributed by atoms with Crippen LogP contribution in [0.15, 0.2) is 12.7 Å². The van der Waals surface area contributed by atoms with Gasteiger partial charge in [-0.05, 0) is 25.7 Å². The summed E-state index contributed by atoms with van der Waals surface area (Å²) in [6.07, 6.45) is 3.13. The largest absolute Gasteiger partial charge is 0.411 e. The molecule has 108 valence electrons. The molecule has 0 saturated carbocycles. The van der Waals surface area contributed by atoms with Crippen LogP contribution in [-0.2, 0) is 4.74 Å². The fourth-order valence-corrected chi connectivity index (χ4v) is 1.58. The van der Waals surface area contributed by atoms with Gasteiger partial charge in [0.25, 0.3) is 0 Å². The molecule has 0 radical (unpaired) electrons. The van der Waals surface area contributed by atoms with E-state index in [2.05, 4.69) is 16.7 Å². The van der Waals surface area contributed by atoms with Crippen LogP contribution in [0.5, 0.6) is 0 Å². The quantitative estimate of drug-likeness (QED) is 0.262. The lowest BCUT2D eigenvalue weighted by molar-refractivity contribution is -0.174. The van der Waals surface area contributed by atoms with Crippen LogP contribution in [0.3, 0.4) is 0 Å². The number of hydrogen-bond acceptors (Lipinski definition) is 3. The molecule has 0 aliphatic rings. The number of rotatable bonds is 11. The van der Waals surface area contributed by atoms with Crippen LogP contribution in [0.1, 0.15) is 38.5 Å². The smallest absolute Gasteiger partial charge is 0.372 e. The van der Waals surface area contributed by atoms with E-state index in [9.17, 15) is 13.2 Å². The third-order valence-corrected chi connectivity index (χ3v) is 2.57. The first-order valence-corrected chi connectivity index (χ1v) is 6.21. The van der Waals surface area contributed by atoms with Gasteiger partial charge in [0, 0.05) is 12.6 Å². The highest BCUT2D eigenvalue weighted by atomic mass is 19.4. The van der Waals surface area contributed by atoms with Gasteiger partial charge in [-0.3, -0.25) is 11.3 Å². The van der Waals surface area contributed by atoms with Crippen LogP contribution in [-0.4, -0.2) is 25.4 Å². The van der Waals surface area contributed by atoms with Crippen molar-refractivity contribution in [3.8, 4) is 0 Å². The molecule has 0 fully saturated rings. The number of alkyl halides is 3. The molecule has 3 nitrogen and oxygen atoms in total. The molecule has 3 N–H and O–H groups in total. The molecule has 0 heterocycles. The molecule has 0 amide bonds. The molecule has 0 spiro atoms. The predicted octanol–water partition coefficient (Wildman–Crippen LogP) is 2.92. The number of halogens is 3. The lowest BCUT2D eigenvalue weighted by Gasteiger charge is -2.16. The average molecular weight is 268 g/mol. The first-order valence-electron chi connectivity index (χ1n) is 6.21. The average Bonchev–Trinajstić information content (AvgIpc) is 2.30. The minimum Gasteiger partial charge on any atom is -0.372 e. The van der Waals surface area contributed by atoms with E-state index in [1.807, 2.05) is 6.08 Å². The van der Waals surface area contributed by atoms with Crippen LogP contribution in [0.2, 0.25) is 0 Å². The molecule has 0 aliphatic carbocycles. The zero-order valence-corrected chi connectivity index (χ0v) is 10.6. The van der Waals surface area contributed by atoms with E-state index in [4.69, 9.17) is 5.84 Å². The Morgan fingerprint density at radius 2 is 1.94 bits per heavy atom. The van der Waals surface area contributed by atoms with Crippen LogP contribution in [0.25, 0.3) is 0 Å². The van der Waals surface area contributed by atoms with Gasteiger partial charge in [-0.15, -0.1) is 6.58 Å². The Labute approximate surface area is 107 Å². The van der Waals surface area contributed by atoms with Gasteiger partial charge in [-0.1, -0.05) is 18.9 Å². The van der Waals surface area contributed by atoms with Gasteiger partial charge < -0.3 is 4.74 Å². The molecular weight excluding hydrogens is 245 g/mol. The summed E-state index contributed by atoms with van der Waals surface area (Å²) in [4.78, 5) is 0. The number of nitrogens with two attached hydrogens (primary N) is 1. The molecule has 0 aliphatic heterocycles. The molecule has 0 rings (SSSR count). The van der Waals surface area contributed by atoms with E-state index in [0.717, 1.165) is 32.1 Å². The van der Waals surface area contributed by atoms with E-state index in [-0.39, 0.29) is 12.6 Å². The van der Waals surface area contributed by atoms with Gasteiger partial charge in [0.05, 0.1) is 0 Å². The second kappa shape index (κ2) is 10.3. The fraction of sp³-hybridized carbons (Fsp3) is 0.833. The second-order valence-corrected chi connectivity index (χ2v) is 4.25. The van der Waals surface area contributed by atoms with E-state index >= 15 is 0 Å². The summed E-state index contributed by atoms with van der Waals surface area (Å²) in [5.74, 6) is 5.34. The van der Waals surface area contributed by atoms with Crippen molar-refractivity contribution in [2.24, 2.45) is 5.84 Å². The van der Waals surface area contributed by atoms with Gasteiger partial charge in [0.15, 0.2) is 0 Å². The zero-order valence-electron chi connectivity index (χ0n) is 10.6. The monoisotopic (exact) mass is 268 g/mol. The molecule has 0 aromatic rings. The maximum atomic E-state index is 11.8. The van der Waals surface area contributed by atoms with Gasteiger partial charge in [-0.25, -0.2) is 0 Å². The number of nitrogens with one attached hydrogen (secondary N) is 1. The van der Waals surface area contributed by atoms with Crippen LogP contribution in [0.4, 0.5) is 13.2 Å². The van der Waals surface area contributed by atoms with Gasteiger partial charge in [0.1, 0.15) is 6.61 Å². The molecule has 18 heavy (non-hydrogen) atoms. The molecule has 1 atom stereocenters. The highest BCUT2D eigenvalue weighted by Gasteiger charge is 2.27. The standard InChI is InChI=1S/C12H23F3N2O/c1-2-3-4-5-6-7-11(17-16)8-9-18-10-12(13,14)15/h2,11,17H,1,3-10,16H2. The maximum Gasteiger partial charge on any atom is 0.411 e. The summed E-state index contributed by atoms with van der Waals surface area (Å²) in [6, 6.07) is 0.0157. The lowest BCUT2D eigenvalue weighted by atomic mass is 10.1. The number of hydrogen-bond donors (Lipinski definition) is 2. The summed E-state index contributed by atoms with van der Waals surface area (Å²) < 4.78 is 40.0. The first kappa shape index (κ1) is 17.4. The summed E-state index contributed by atoms with van der Waals surface area (Å²) in [5.41, 5.74) is 2.61. The van der Waals surface area contributed by atoms with E-state index in [0.29, 0.717) is 6.42 Å². The molecule has 1 unspecified atom stereocenters. The van der Waals surface area contributed by atoms with Crippen molar-refractivity contribution in [3.05, 3.63) is 12.7 Å². The summed E-state index contributed by atoms with van der Waals surface area (Å²) in [6.45, 7) is 2.52. The number of ether oxygens (including phenoxy) is 1. The molecule has 0 aromatic heterocycles. The van der Waals surface area contributed by atoms with Gasteiger partial charge >= 0.3 is 6.18 Å². The summed E-state index contributed by atoms with van der Waals surface area (Å²) in [5, 5.41) is 0. The van der Waals surface area contributed by atoms with Crippen molar-refractivity contribution in [2.45, 2.75) is 50.7 Å². The van der Waals surface area contributed by atoms with E-state index in [1.165, 1.54) is 0 Å². The van der Waals surface area contributed by atoms with Crippen LogP contribution >= 0.6 is 0 Å². The van der Waals surface area contributed by atoms with E-state index < -0.39 is 12.8 Å². The Morgan fingerprint density at radius 3 is 2.50 bits per heavy atom. The Kier molecular flexibility index (Phi) is 10.0. The third kappa shape index (κ3) is 11.9. The number of allylic oxidation sites excluding steroid dienone is 1. The van der Waals surface area contributed by atoms with Crippen molar-refractivity contribution in [3.63, 3.8) is 0 Å². The minimum absolute atomic E-state index is 0.0157. The number of hydrazine groups is 1. The van der Waals surface area contributed by atoms with Crippen LogP contribution < -0.4 is 11.3 Å². The fourth-order valence-electron chi connectivity index (χ4n) is 1.58. The number of unbranched alkanes of at least 4 members (excludes halogenated alkanes) is 3. The van der Waals surface area contributed by atoms with Gasteiger partial charge in [0.2, 0.25) is 0 Å². The maximum absolute atomic E-state index is 11.8. The Balaban J connectivity index is 3.49. The molecule has 0 aromatic carbocycles. The van der Waals surface area contributed by atoms with Crippen molar-refractivity contribution >= 4 is 0 Å². The van der Waals surface area contributed by atoms with Crippen LogP contribution in [0, 0.1) is 0 Å². The SMILES string of the molecule is C=CCCCCCC(CCOCC(F)(F)F)NN. The van der Waals surface area contributed by atoms with Gasteiger partial charge in [-0.2, -0.15) is 13.2 Å². The molecule has 0 saturated heterocycles. The predicted molar refractivity (Wildman–Crippen MR) is 65.9 cm³/mol. The molecule has 0 bridgehead atoms. The first-order chi connectivity index (χ1) is 8.49. The minimum atomic E-state index is -4.25. The second-order valence-electron chi connectivity index (χ2n) is 4.25. The summed E-state index contributed by atoms with van der Waals surface area (Å²) in [7, 11) is 0. The van der Waals surface area contributed by atoms with Crippen molar-refractivity contribution < 1.29 is 17.9 Å². The molecular formula is C12H23F3N2O. The normalized spacial score (nSPS) is 13.6. The zero-order chi connectivity index (χ0) is 13.9. The Bertz CT molecular complexity index is 210. The Hall–Kier alpha value is -0.590. The van der Waals surface area contributed by atoms with Crippen molar-refractivity contribution in [1.29, 1.82) is 0 Å².